The number of benzene rings is 2. The van der Waals surface area contributed by atoms with E-state index in [1.54, 1.807) is 4.52 Å². The minimum absolute atomic E-state index is 0.153. The normalized spacial score (nSPS) is 11.9. The van der Waals surface area contributed by atoms with Gasteiger partial charge < -0.3 is 5.32 Å². The van der Waals surface area contributed by atoms with Crippen molar-refractivity contribution in [3.05, 3.63) is 78.1 Å². The van der Waals surface area contributed by atoms with Gasteiger partial charge in [0.25, 0.3) is 0 Å². The fourth-order valence-electron chi connectivity index (χ4n) is 3.82. The minimum atomic E-state index is -4.57. The van der Waals surface area contributed by atoms with Gasteiger partial charge in [-0.15, -0.1) is 5.10 Å². The van der Waals surface area contributed by atoms with Crippen LogP contribution in [0, 0.1) is 6.92 Å². The van der Waals surface area contributed by atoms with Crippen LogP contribution in [0.4, 0.5) is 18.9 Å². The fourth-order valence-corrected chi connectivity index (χ4v) is 4.57. The van der Waals surface area contributed by atoms with E-state index >= 15 is 0 Å². The number of carbonyl (C=O) groups excluding carboxylic acids is 1. The predicted molar refractivity (Wildman–Crippen MR) is 129 cm³/mol. The lowest BCUT2D eigenvalue weighted by atomic mass is 10.1. The highest BCUT2D eigenvalue weighted by molar-refractivity contribution is 7.99. The zero-order chi connectivity index (χ0) is 25.3. The molecule has 2 N–H and O–H groups in total. The van der Waals surface area contributed by atoms with E-state index in [2.05, 4.69) is 25.0 Å². The Balaban J connectivity index is 1.39. The molecule has 36 heavy (non-hydrogen) atoms. The molecule has 8 nitrogen and oxygen atoms in total. The van der Waals surface area contributed by atoms with Crippen LogP contribution in [0.2, 0.25) is 0 Å². The predicted octanol–water partition coefficient (Wildman–Crippen LogP) is 4.19. The molecule has 0 saturated carbocycles. The number of rotatable bonds is 7. The number of hydrogen-bond acceptors (Lipinski definition) is 5. The average molecular weight is 513 g/mol. The number of para-hydroxylation sites is 2. The molecule has 0 radical (unpaired) electrons. The van der Waals surface area contributed by atoms with Crippen molar-refractivity contribution in [3.8, 4) is 0 Å². The van der Waals surface area contributed by atoms with Crippen LogP contribution < -0.4 is 9.88 Å². The van der Waals surface area contributed by atoms with Crippen molar-refractivity contribution in [2.24, 2.45) is 0 Å². The molecule has 0 unspecified atom stereocenters. The summed E-state index contributed by atoms with van der Waals surface area (Å²) >= 11 is 1.08. The summed E-state index contributed by atoms with van der Waals surface area (Å²) in [6.45, 7) is 2.68. The fraction of sp³-hybridized carbons (Fsp3) is 0.208. The van der Waals surface area contributed by atoms with Crippen LogP contribution >= 0.6 is 11.8 Å². The van der Waals surface area contributed by atoms with E-state index in [4.69, 9.17) is 4.98 Å². The van der Waals surface area contributed by atoms with E-state index in [1.165, 1.54) is 18.2 Å². The maximum absolute atomic E-state index is 13.3. The van der Waals surface area contributed by atoms with E-state index in [-0.39, 0.29) is 11.4 Å². The van der Waals surface area contributed by atoms with Crippen LogP contribution in [0.25, 0.3) is 16.6 Å². The first-order valence-corrected chi connectivity index (χ1v) is 12.0. The molecule has 0 fully saturated rings. The van der Waals surface area contributed by atoms with Gasteiger partial charge in [0.15, 0.2) is 16.6 Å². The molecule has 12 heteroatoms. The number of nitrogens with one attached hydrogen (secondary N) is 2. The lowest BCUT2D eigenvalue weighted by Crippen LogP contribution is -2.35. The Morgan fingerprint density at radius 1 is 1.14 bits per heavy atom. The number of aromatic amines is 1. The highest BCUT2D eigenvalue weighted by Crippen LogP contribution is 2.34. The average Bonchev–Trinajstić information content (AvgIpc) is 3.47. The van der Waals surface area contributed by atoms with Crippen molar-refractivity contribution in [2.75, 3.05) is 11.1 Å². The number of hydrogen-bond donors (Lipinski definition) is 2. The zero-order valence-corrected chi connectivity index (χ0v) is 19.9. The van der Waals surface area contributed by atoms with Crippen LogP contribution in [0.1, 0.15) is 17.1 Å². The van der Waals surface area contributed by atoms with Crippen LogP contribution in [0.3, 0.4) is 0 Å². The standard InChI is InChI=1S/C24H20F3N7OS/c1-15-12-28-14-33(15)11-10-20-31-22-16-6-2-4-8-18(16)30-23(34(22)32-20)36-13-21(35)29-19-9-5-3-7-17(19)24(25,26)27/h2-9,12,14H,10-11,13H2,1H3,(H,29,35)/p+1. The summed E-state index contributed by atoms with van der Waals surface area (Å²) in [5.74, 6) is -0.119. The molecule has 0 aliphatic heterocycles. The minimum Gasteiger partial charge on any atom is -0.325 e. The Morgan fingerprint density at radius 3 is 2.69 bits per heavy atom. The summed E-state index contributed by atoms with van der Waals surface area (Å²) in [4.78, 5) is 25.0. The first-order valence-electron chi connectivity index (χ1n) is 11.1. The molecule has 0 atom stereocenters. The van der Waals surface area contributed by atoms with E-state index < -0.39 is 17.6 Å². The number of anilines is 1. The first kappa shape index (κ1) is 23.8. The number of imidazole rings is 1. The zero-order valence-electron chi connectivity index (χ0n) is 19.1. The molecular formula is C24H21F3N7OS+. The monoisotopic (exact) mass is 512 g/mol. The maximum Gasteiger partial charge on any atom is 0.418 e. The second-order valence-corrected chi connectivity index (χ2v) is 9.02. The third kappa shape index (κ3) is 4.89. The number of nitrogens with zero attached hydrogens (tertiary/aromatic N) is 5. The molecule has 0 saturated heterocycles. The molecule has 5 rings (SSSR count). The number of thioether (sulfide) groups is 1. The molecule has 2 aromatic carbocycles. The van der Waals surface area contributed by atoms with Crippen LogP contribution in [-0.4, -0.2) is 36.2 Å². The van der Waals surface area contributed by atoms with Crippen LogP contribution in [0.5, 0.6) is 0 Å². The lowest BCUT2D eigenvalue weighted by Gasteiger charge is -2.13. The third-order valence-corrected chi connectivity index (χ3v) is 6.51. The third-order valence-electron chi connectivity index (χ3n) is 5.58. The Bertz CT molecular complexity index is 1560. The van der Waals surface area contributed by atoms with Crippen LogP contribution in [0.15, 0.2) is 66.2 Å². The van der Waals surface area contributed by atoms with Gasteiger partial charge in [0.1, 0.15) is 11.9 Å². The van der Waals surface area contributed by atoms with Gasteiger partial charge in [0.05, 0.1) is 29.1 Å². The molecule has 0 spiro atoms. The number of fused-ring (bicyclic) bond motifs is 3. The number of amides is 1. The largest absolute Gasteiger partial charge is 0.418 e. The number of carbonyl (C=O) groups is 1. The second-order valence-electron chi connectivity index (χ2n) is 8.08. The van der Waals surface area contributed by atoms with Crippen molar-refractivity contribution >= 4 is 39.9 Å². The molecule has 5 aromatic rings. The summed E-state index contributed by atoms with van der Waals surface area (Å²) in [5, 5.41) is 8.22. The van der Waals surface area contributed by atoms with Gasteiger partial charge in [-0.25, -0.2) is 19.5 Å². The van der Waals surface area contributed by atoms with Gasteiger partial charge in [-0.2, -0.15) is 17.7 Å². The van der Waals surface area contributed by atoms with Gasteiger partial charge >= 0.3 is 6.18 Å². The Labute approximate surface area is 207 Å². The molecule has 184 valence electrons. The summed E-state index contributed by atoms with van der Waals surface area (Å²) in [7, 11) is 0. The SMILES string of the molecule is Cc1c[nH]c[n+]1CCc1nc2c3ccccc3nc(SCC(=O)Nc3ccccc3C(F)(F)F)n2n1. The van der Waals surface area contributed by atoms with Crippen LogP contribution in [-0.2, 0) is 23.9 Å². The highest BCUT2D eigenvalue weighted by atomic mass is 32.2. The topological polar surface area (TPSA) is 91.8 Å². The summed E-state index contributed by atoms with van der Waals surface area (Å²) in [6, 6.07) is 12.4. The number of aryl methyl sites for hydroxylation is 3. The maximum atomic E-state index is 13.3. The van der Waals surface area contributed by atoms with E-state index in [0.29, 0.717) is 35.1 Å². The quantitative estimate of drug-likeness (QED) is 0.194. The van der Waals surface area contributed by atoms with Crippen molar-refractivity contribution in [1.29, 1.82) is 0 Å². The Morgan fingerprint density at radius 2 is 1.92 bits per heavy atom. The van der Waals surface area contributed by atoms with Gasteiger partial charge in [-0.3, -0.25) is 4.79 Å². The molecule has 0 bridgehead atoms. The Hall–Kier alpha value is -3.93. The lowest BCUT2D eigenvalue weighted by molar-refractivity contribution is -0.700. The Kier molecular flexibility index (Phi) is 6.35. The van der Waals surface area contributed by atoms with Gasteiger partial charge in [0, 0.05) is 18.7 Å². The van der Waals surface area contributed by atoms with Crippen molar-refractivity contribution in [2.45, 2.75) is 31.2 Å². The van der Waals surface area contributed by atoms with Gasteiger partial charge in [0.2, 0.25) is 12.2 Å². The molecule has 0 aliphatic carbocycles. The molecule has 0 aliphatic rings. The van der Waals surface area contributed by atoms with E-state index in [0.717, 1.165) is 28.9 Å². The van der Waals surface area contributed by atoms with Crippen molar-refractivity contribution < 1.29 is 22.5 Å². The second kappa shape index (κ2) is 9.61. The number of aromatic nitrogens is 6. The molecular weight excluding hydrogens is 491 g/mol. The summed E-state index contributed by atoms with van der Waals surface area (Å²) in [5.41, 5.74) is 1.20. The first-order chi connectivity index (χ1) is 17.3. The van der Waals surface area contributed by atoms with Crippen molar-refractivity contribution in [1.82, 2.24) is 24.6 Å². The number of H-pyrrole nitrogens is 1. The highest BCUT2D eigenvalue weighted by Gasteiger charge is 2.33. The van der Waals surface area contributed by atoms with Gasteiger partial charge in [-0.05, 0) is 24.3 Å². The summed E-state index contributed by atoms with van der Waals surface area (Å²) in [6.07, 6.45) is -0.212. The van der Waals surface area contributed by atoms with Gasteiger partial charge in [-0.1, -0.05) is 36.0 Å². The van der Waals surface area contributed by atoms with E-state index in [9.17, 15) is 18.0 Å². The van der Waals surface area contributed by atoms with E-state index in [1.807, 2.05) is 43.7 Å². The smallest absolute Gasteiger partial charge is 0.325 e. The molecule has 1 amide bonds. The number of alkyl halides is 3. The molecule has 3 aromatic heterocycles. The van der Waals surface area contributed by atoms with Crippen molar-refractivity contribution in [3.63, 3.8) is 0 Å². The number of halogens is 3. The summed E-state index contributed by atoms with van der Waals surface area (Å²) < 4.78 is 43.4. The molecule has 3 heterocycles.